The molecular weight excluding hydrogens is 408 g/mol. The predicted molar refractivity (Wildman–Crippen MR) is 135 cm³/mol. The van der Waals surface area contributed by atoms with Gasteiger partial charge in [-0.1, -0.05) is 67.8 Å². The molecule has 0 radical (unpaired) electrons. The largest absolute Gasteiger partial charge is 0.457 e. The molecule has 33 heavy (non-hydrogen) atoms. The SMILES string of the molecule is CN1CCN(CC(c2ccc(Oc3cccc4ccccc34)cc2)C2(O)CCCCC2)CC1. The highest BCUT2D eigenvalue weighted by atomic mass is 16.5. The fraction of sp³-hybridized carbons (Fsp3) is 0.448. The normalized spacial score (nSPS) is 20.5. The van der Waals surface area contributed by atoms with Gasteiger partial charge in [-0.05, 0) is 49.0 Å². The van der Waals surface area contributed by atoms with Crippen molar-refractivity contribution in [3.05, 3.63) is 72.3 Å². The molecule has 0 amide bonds. The van der Waals surface area contributed by atoms with Gasteiger partial charge in [-0.15, -0.1) is 0 Å². The van der Waals surface area contributed by atoms with E-state index in [1.165, 1.54) is 17.4 Å². The van der Waals surface area contributed by atoms with Gasteiger partial charge in [0.15, 0.2) is 0 Å². The molecule has 4 nitrogen and oxygen atoms in total. The van der Waals surface area contributed by atoms with Crippen LogP contribution in [0.5, 0.6) is 11.5 Å². The third kappa shape index (κ3) is 5.08. The van der Waals surface area contributed by atoms with Crippen LogP contribution in [0.3, 0.4) is 0 Å². The molecule has 1 N–H and O–H groups in total. The Morgan fingerprint density at radius 2 is 1.55 bits per heavy atom. The fourth-order valence-corrected chi connectivity index (χ4v) is 5.57. The van der Waals surface area contributed by atoms with Gasteiger partial charge in [0.2, 0.25) is 0 Å². The molecule has 2 aliphatic rings. The number of hydrogen-bond donors (Lipinski definition) is 1. The van der Waals surface area contributed by atoms with E-state index in [9.17, 15) is 5.11 Å². The number of piperazine rings is 1. The topological polar surface area (TPSA) is 35.9 Å². The summed E-state index contributed by atoms with van der Waals surface area (Å²) in [6.45, 7) is 5.27. The predicted octanol–water partition coefficient (Wildman–Crippen LogP) is 5.66. The molecule has 1 heterocycles. The van der Waals surface area contributed by atoms with Gasteiger partial charge in [0, 0.05) is 44.0 Å². The minimum absolute atomic E-state index is 0.132. The molecule has 0 spiro atoms. The minimum Gasteiger partial charge on any atom is -0.457 e. The van der Waals surface area contributed by atoms with Gasteiger partial charge >= 0.3 is 0 Å². The Balaban J connectivity index is 1.37. The van der Waals surface area contributed by atoms with Crippen molar-refractivity contribution in [1.82, 2.24) is 9.80 Å². The average Bonchev–Trinajstić information content (AvgIpc) is 2.85. The van der Waals surface area contributed by atoms with Crippen molar-refractivity contribution >= 4 is 10.8 Å². The zero-order chi connectivity index (χ0) is 22.7. The van der Waals surface area contributed by atoms with Crippen LogP contribution in [-0.4, -0.2) is 60.3 Å². The highest BCUT2D eigenvalue weighted by Crippen LogP contribution is 2.41. The van der Waals surface area contributed by atoms with E-state index in [2.05, 4.69) is 65.4 Å². The Morgan fingerprint density at radius 3 is 2.30 bits per heavy atom. The summed E-state index contributed by atoms with van der Waals surface area (Å²) in [5.74, 6) is 1.85. The molecule has 1 atom stereocenters. The molecule has 0 aromatic heterocycles. The number of likely N-dealkylation sites (N-methyl/N-ethyl adjacent to an activating group) is 1. The van der Waals surface area contributed by atoms with Gasteiger partial charge in [0.05, 0.1) is 5.60 Å². The smallest absolute Gasteiger partial charge is 0.135 e. The third-order valence-electron chi connectivity index (χ3n) is 7.66. The van der Waals surface area contributed by atoms with Crippen molar-refractivity contribution in [1.29, 1.82) is 0 Å². The monoisotopic (exact) mass is 444 g/mol. The van der Waals surface area contributed by atoms with Crippen molar-refractivity contribution in [3.8, 4) is 11.5 Å². The van der Waals surface area contributed by atoms with Crippen LogP contribution in [0.4, 0.5) is 0 Å². The highest BCUT2D eigenvalue weighted by Gasteiger charge is 2.39. The molecule has 1 aliphatic heterocycles. The summed E-state index contributed by atoms with van der Waals surface area (Å²) in [5.41, 5.74) is 0.614. The van der Waals surface area contributed by atoms with E-state index in [1.807, 2.05) is 18.2 Å². The van der Waals surface area contributed by atoms with Gasteiger partial charge in [-0.3, -0.25) is 0 Å². The quantitative estimate of drug-likeness (QED) is 0.532. The first kappa shape index (κ1) is 22.4. The fourth-order valence-electron chi connectivity index (χ4n) is 5.57. The van der Waals surface area contributed by atoms with Gasteiger partial charge in [-0.2, -0.15) is 0 Å². The van der Waals surface area contributed by atoms with Crippen LogP contribution in [0, 0.1) is 0 Å². The lowest BCUT2D eigenvalue weighted by Gasteiger charge is -2.43. The first-order valence-corrected chi connectivity index (χ1v) is 12.5. The maximum absolute atomic E-state index is 11.7. The number of ether oxygens (including phenoxy) is 1. The molecule has 4 heteroatoms. The number of nitrogens with zero attached hydrogens (tertiary/aromatic N) is 2. The van der Waals surface area contributed by atoms with Crippen molar-refractivity contribution in [2.75, 3.05) is 39.8 Å². The van der Waals surface area contributed by atoms with Crippen LogP contribution in [0.15, 0.2) is 66.7 Å². The lowest BCUT2D eigenvalue weighted by molar-refractivity contribution is -0.0337. The zero-order valence-corrected chi connectivity index (χ0v) is 19.7. The molecule has 174 valence electrons. The van der Waals surface area contributed by atoms with Crippen LogP contribution in [-0.2, 0) is 0 Å². The number of benzene rings is 3. The van der Waals surface area contributed by atoms with Crippen LogP contribution in [0.25, 0.3) is 10.8 Å². The van der Waals surface area contributed by atoms with Crippen molar-refractivity contribution in [2.45, 2.75) is 43.6 Å². The van der Waals surface area contributed by atoms with E-state index in [4.69, 9.17) is 4.74 Å². The molecule has 3 aromatic carbocycles. The summed E-state index contributed by atoms with van der Waals surface area (Å²) in [6.07, 6.45) is 5.29. The molecule has 2 fully saturated rings. The Bertz CT molecular complexity index is 1050. The Labute approximate surface area is 197 Å². The lowest BCUT2D eigenvalue weighted by atomic mass is 9.72. The molecule has 3 aromatic rings. The molecule has 1 saturated carbocycles. The standard InChI is InChI=1S/C29H36N2O2/c1-30-18-20-31(21-19-30)22-27(29(32)16-5-2-6-17-29)24-12-14-25(15-13-24)33-28-11-7-9-23-8-3-4-10-26(23)28/h3-4,7-15,27,32H,2,5-6,16-22H2,1H3. The minimum atomic E-state index is -0.612. The van der Waals surface area contributed by atoms with E-state index >= 15 is 0 Å². The van der Waals surface area contributed by atoms with Crippen LogP contribution >= 0.6 is 0 Å². The van der Waals surface area contributed by atoms with Gasteiger partial charge in [0.25, 0.3) is 0 Å². The van der Waals surface area contributed by atoms with E-state index < -0.39 is 5.60 Å². The van der Waals surface area contributed by atoms with E-state index in [-0.39, 0.29) is 5.92 Å². The number of rotatable bonds is 6. The second-order valence-electron chi connectivity index (χ2n) is 9.97. The summed E-state index contributed by atoms with van der Waals surface area (Å²) < 4.78 is 6.28. The van der Waals surface area contributed by atoms with E-state index in [0.29, 0.717) is 0 Å². The summed E-state index contributed by atoms with van der Waals surface area (Å²) in [6, 6.07) is 23.0. The molecular formula is C29H36N2O2. The van der Waals surface area contributed by atoms with Gasteiger partial charge in [0.1, 0.15) is 11.5 Å². The molecule has 1 unspecified atom stereocenters. The molecule has 1 aliphatic carbocycles. The summed E-state index contributed by atoms with van der Waals surface area (Å²) in [5, 5.41) is 14.0. The molecule has 5 rings (SSSR count). The van der Waals surface area contributed by atoms with E-state index in [0.717, 1.165) is 75.3 Å². The maximum Gasteiger partial charge on any atom is 0.135 e. The third-order valence-corrected chi connectivity index (χ3v) is 7.66. The number of hydrogen-bond acceptors (Lipinski definition) is 4. The number of aliphatic hydroxyl groups is 1. The Hall–Kier alpha value is -2.40. The van der Waals surface area contributed by atoms with Crippen LogP contribution in [0.2, 0.25) is 0 Å². The second-order valence-corrected chi connectivity index (χ2v) is 9.97. The zero-order valence-electron chi connectivity index (χ0n) is 19.7. The first-order valence-electron chi connectivity index (χ1n) is 12.5. The van der Waals surface area contributed by atoms with Crippen LogP contribution < -0.4 is 4.74 Å². The lowest BCUT2D eigenvalue weighted by Crippen LogP contribution is -2.50. The van der Waals surface area contributed by atoms with Crippen molar-refractivity contribution in [3.63, 3.8) is 0 Å². The average molecular weight is 445 g/mol. The number of fused-ring (bicyclic) bond motifs is 1. The van der Waals surface area contributed by atoms with Gasteiger partial charge < -0.3 is 19.6 Å². The maximum atomic E-state index is 11.7. The summed E-state index contributed by atoms with van der Waals surface area (Å²) in [7, 11) is 2.19. The Morgan fingerprint density at radius 1 is 0.848 bits per heavy atom. The Kier molecular flexibility index (Phi) is 6.68. The van der Waals surface area contributed by atoms with Gasteiger partial charge in [-0.25, -0.2) is 0 Å². The molecule has 0 bridgehead atoms. The van der Waals surface area contributed by atoms with Crippen molar-refractivity contribution < 1.29 is 9.84 Å². The second kappa shape index (κ2) is 9.84. The van der Waals surface area contributed by atoms with E-state index in [1.54, 1.807) is 0 Å². The summed E-state index contributed by atoms with van der Waals surface area (Å²) in [4.78, 5) is 4.93. The summed E-state index contributed by atoms with van der Waals surface area (Å²) >= 11 is 0. The van der Waals surface area contributed by atoms with Crippen LogP contribution in [0.1, 0.15) is 43.6 Å². The highest BCUT2D eigenvalue weighted by molar-refractivity contribution is 5.88. The van der Waals surface area contributed by atoms with Crippen molar-refractivity contribution in [2.24, 2.45) is 0 Å². The first-order chi connectivity index (χ1) is 16.1. The molecule has 1 saturated heterocycles.